The Kier molecular flexibility index (Phi) is 3.90. The zero-order valence-corrected chi connectivity index (χ0v) is 15.2. The standard InChI is InChI=1S/C20H20N2O3S/c23-19(14-3-4-15-9-24-10-16(15)6-14)22-12-20(13-22)7-18(11-26-20)25-17-2-1-5-21-8-17/h1-6,8,18H,7,9-13H2/t18-/m0/s1. The molecule has 0 N–H and O–H groups in total. The Bertz CT molecular complexity index is 836. The summed E-state index contributed by atoms with van der Waals surface area (Å²) in [4.78, 5) is 18.8. The Morgan fingerprint density at radius 1 is 1.27 bits per heavy atom. The number of benzene rings is 1. The van der Waals surface area contributed by atoms with Crippen molar-refractivity contribution in [2.45, 2.75) is 30.5 Å². The highest BCUT2D eigenvalue weighted by Crippen LogP contribution is 2.46. The Balaban J connectivity index is 1.20. The van der Waals surface area contributed by atoms with Crippen molar-refractivity contribution in [3.05, 3.63) is 59.4 Å². The predicted octanol–water partition coefficient (Wildman–Crippen LogP) is 2.89. The second-order valence-electron chi connectivity index (χ2n) is 7.26. The summed E-state index contributed by atoms with van der Waals surface area (Å²) in [6, 6.07) is 9.77. The number of rotatable bonds is 3. The van der Waals surface area contributed by atoms with Gasteiger partial charge in [-0.2, -0.15) is 0 Å². The number of likely N-dealkylation sites (tertiary alicyclic amines) is 1. The molecule has 1 amide bonds. The van der Waals surface area contributed by atoms with Crippen LogP contribution < -0.4 is 4.74 Å². The summed E-state index contributed by atoms with van der Waals surface area (Å²) in [5, 5.41) is 0. The fourth-order valence-electron chi connectivity index (χ4n) is 3.99. The number of thioether (sulfide) groups is 1. The summed E-state index contributed by atoms with van der Waals surface area (Å²) in [6.45, 7) is 2.88. The number of amides is 1. The number of hydrogen-bond donors (Lipinski definition) is 0. The van der Waals surface area contributed by atoms with Crippen LogP contribution in [0.15, 0.2) is 42.7 Å². The van der Waals surface area contributed by atoms with E-state index in [4.69, 9.17) is 9.47 Å². The first-order valence-electron chi connectivity index (χ1n) is 8.90. The van der Waals surface area contributed by atoms with Crippen LogP contribution in [-0.2, 0) is 18.0 Å². The van der Waals surface area contributed by atoms with Gasteiger partial charge in [0.2, 0.25) is 0 Å². The largest absolute Gasteiger partial charge is 0.488 e. The Hall–Kier alpha value is -2.05. The zero-order chi connectivity index (χ0) is 17.6. The van der Waals surface area contributed by atoms with Gasteiger partial charge in [-0.25, -0.2) is 0 Å². The van der Waals surface area contributed by atoms with Crippen LogP contribution in [0.4, 0.5) is 0 Å². The molecule has 3 aliphatic heterocycles. The van der Waals surface area contributed by atoms with Gasteiger partial charge in [0.1, 0.15) is 11.9 Å². The van der Waals surface area contributed by atoms with Crippen LogP contribution in [0.2, 0.25) is 0 Å². The van der Waals surface area contributed by atoms with Crippen molar-refractivity contribution >= 4 is 17.7 Å². The maximum atomic E-state index is 12.8. The number of nitrogens with zero attached hydrogens (tertiary/aromatic N) is 2. The van der Waals surface area contributed by atoms with Crippen molar-refractivity contribution in [1.29, 1.82) is 0 Å². The zero-order valence-electron chi connectivity index (χ0n) is 14.4. The van der Waals surface area contributed by atoms with Gasteiger partial charge in [-0.3, -0.25) is 9.78 Å². The van der Waals surface area contributed by atoms with E-state index in [-0.39, 0.29) is 16.8 Å². The number of fused-ring (bicyclic) bond motifs is 1. The molecule has 1 atom stereocenters. The molecule has 6 heteroatoms. The highest BCUT2D eigenvalue weighted by atomic mass is 32.2. The highest BCUT2D eigenvalue weighted by molar-refractivity contribution is 8.01. The van der Waals surface area contributed by atoms with E-state index in [1.165, 1.54) is 5.56 Å². The van der Waals surface area contributed by atoms with Crippen molar-refractivity contribution in [3.8, 4) is 5.75 Å². The van der Waals surface area contributed by atoms with Gasteiger partial charge in [-0.15, -0.1) is 11.8 Å². The van der Waals surface area contributed by atoms with Crippen molar-refractivity contribution in [3.63, 3.8) is 0 Å². The molecule has 0 bridgehead atoms. The molecule has 26 heavy (non-hydrogen) atoms. The minimum absolute atomic E-state index is 0.127. The third-order valence-corrected chi connectivity index (χ3v) is 6.90. The van der Waals surface area contributed by atoms with E-state index in [0.29, 0.717) is 13.2 Å². The van der Waals surface area contributed by atoms with Crippen LogP contribution in [0.25, 0.3) is 0 Å². The van der Waals surface area contributed by atoms with Crippen LogP contribution in [0.3, 0.4) is 0 Å². The van der Waals surface area contributed by atoms with Gasteiger partial charge in [0.15, 0.2) is 0 Å². The molecule has 0 unspecified atom stereocenters. The van der Waals surface area contributed by atoms with Crippen molar-refractivity contribution in [2.75, 3.05) is 18.8 Å². The van der Waals surface area contributed by atoms with Gasteiger partial charge in [0, 0.05) is 37.0 Å². The lowest BCUT2D eigenvalue weighted by Crippen LogP contribution is -2.60. The molecule has 2 aromatic rings. The smallest absolute Gasteiger partial charge is 0.253 e. The van der Waals surface area contributed by atoms with Gasteiger partial charge >= 0.3 is 0 Å². The van der Waals surface area contributed by atoms with Gasteiger partial charge < -0.3 is 14.4 Å². The molecular formula is C20H20N2O3S. The highest BCUT2D eigenvalue weighted by Gasteiger charge is 2.51. The first kappa shape index (κ1) is 16.1. The summed E-state index contributed by atoms with van der Waals surface area (Å²) in [6.07, 6.45) is 4.68. The van der Waals surface area contributed by atoms with Gasteiger partial charge in [-0.05, 0) is 35.4 Å². The molecule has 0 saturated carbocycles. The lowest BCUT2D eigenvalue weighted by Gasteiger charge is -2.47. The number of pyridine rings is 1. The van der Waals surface area contributed by atoms with Crippen LogP contribution >= 0.6 is 11.8 Å². The fraction of sp³-hybridized carbons (Fsp3) is 0.400. The number of aromatic nitrogens is 1. The maximum Gasteiger partial charge on any atom is 0.253 e. The molecule has 5 nitrogen and oxygen atoms in total. The summed E-state index contributed by atoms with van der Waals surface area (Å²) >= 11 is 1.94. The van der Waals surface area contributed by atoms with E-state index < -0.39 is 0 Å². The van der Waals surface area contributed by atoms with Crippen LogP contribution in [0.5, 0.6) is 5.75 Å². The van der Waals surface area contributed by atoms with Gasteiger partial charge in [0.25, 0.3) is 5.91 Å². The average molecular weight is 368 g/mol. The average Bonchev–Trinajstić information content (AvgIpc) is 3.27. The Morgan fingerprint density at radius 2 is 2.15 bits per heavy atom. The first-order valence-corrected chi connectivity index (χ1v) is 9.89. The Morgan fingerprint density at radius 3 is 3.00 bits per heavy atom. The van der Waals surface area contributed by atoms with Gasteiger partial charge in [-0.1, -0.05) is 6.07 Å². The summed E-state index contributed by atoms with van der Waals surface area (Å²) < 4.78 is 11.6. The van der Waals surface area contributed by atoms with E-state index >= 15 is 0 Å². The third kappa shape index (κ3) is 2.87. The van der Waals surface area contributed by atoms with Crippen LogP contribution in [-0.4, -0.2) is 45.5 Å². The lowest BCUT2D eigenvalue weighted by atomic mass is 9.92. The molecule has 1 aromatic heterocycles. The van der Waals surface area contributed by atoms with Crippen molar-refractivity contribution in [1.82, 2.24) is 9.88 Å². The maximum absolute atomic E-state index is 12.8. The van der Waals surface area contributed by atoms with Crippen molar-refractivity contribution < 1.29 is 14.3 Å². The monoisotopic (exact) mass is 368 g/mol. The second kappa shape index (κ2) is 6.28. The van der Waals surface area contributed by atoms with Crippen molar-refractivity contribution in [2.24, 2.45) is 0 Å². The van der Waals surface area contributed by atoms with Crippen LogP contribution in [0.1, 0.15) is 27.9 Å². The predicted molar refractivity (Wildman–Crippen MR) is 99.3 cm³/mol. The van der Waals surface area contributed by atoms with E-state index in [0.717, 1.165) is 42.1 Å². The van der Waals surface area contributed by atoms with E-state index in [1.807, 2.05) is 47.0 Å². The molecule has 0 radical (unpaired) electrons. The molecule has 134 valence electrons. The molecular weight excluding hydrogens is 348 g/mol. The quantitative estimate of drug-likeness (QED) is 0.834. The fourth-order valence-corrected chi connectivity index (χ4v) is 5.51. The lowest BCUT2D eigenvalue weighted by molar-refractivity contribution is 0.0518. The second-order valence-corrected chi connectivity index (χ2v) is 8.75. The molecule has 2 fully saturated rings. The van der Waals surface area contributed by atoms with E-state index in [9.17, 15) is 4.79 Å². The molecule has 1 spiro atoms. The molecule has 1 aromatic carbocycles. The number of carbonyl (C=O) groups is 1. The minimum atomic E-state index is 0.127. The molecule has 2 saturated heterocycles. The van der Waals surface area contributed by atoms with E-state index in [1.54, 1.807) is 12.4 Å². The molecule has 5 rings (SSSR count). The van der Waals surface area contributed by atoms with Gasteiger partial charge in [0.05, 0.1) is 24.2 Å². The number of ether oxygens (including phenoxy) is 2. The number of carbonyl (C=O) groups excluding carboxylic acids is 1. The summed E-state index contributed by atoms with van der Waals surface area (Å²) in [5.41, 5.74) is 3.12. The summed E-state index contributed by atoms with van der Waals surface area (Å²) in [5.74, 6) is 1.91. The minimum Gasteiger partial charge on any atom is -0.488 e. The topological polar surface area (TPSA) is 51.7 Å². The normalized spacial score (nSPS) is 22.9. The van der Waals surface area contributed by atoms with Crippen LogP contribution in [0, 0.1) is 0 Å². The molecule has 3 aliphatic rings. The number of hydrogen-bond acceptors (Lipinski definition) is 5. The third-order valence-electron chi connectivity index (χ3n) is 5.33. The molecule has 0 aliphatic carbocycles. The molecule has 4 heterocycles. The Labute approximate surface area is 156 Å². The first-order chi connectivity index (χ1) is 12.7. The summed E-state index contributed by atoms with van der Waals surface area (Å²) in [7, 11) is 0. The SMILES string of the molecule is O=C(c1ccc2c(c1)COC2)N1CC2(C[C@H](Oc3cccnc3)CS2)C1. The van der Waals surface area contributed by atoms with E-state index in [2.05, 4.69) is 4.98 Å².